The maximum absolute atomic E-state index is 5.23. The second-order valence-electron chi connectivity index (χ2n) is 4.75. The first kappa shape index (κ1) is 16.0. The Hall–Kier alpha value is -2.40. The minimum Gasteiger partial charge on any atom is -0.497 e. The highest BCUT2D eigenvalue weighted by Crippen LogP contribution is 2.11. The lowest BCUT2D eigenvalue weighted by Gasteiger charge is -2.15. The second-order valence-corrected chi connectivity index (χ2v) is 5.16. The van der Waals surface area contributed by atoms with Crippen LogP contribution in [0.2, 0.25) is 0 Å². The fraction of sp³-hybridized carbons (Fsp3) is 0.176. The van der Waals surface area contributed by atoms with Crippen LogP contribution in [0.15, 0.2) is 59.7 Å². The van der Waals surface area contributed by atoms with Gasteiger partial charge in [0.1, 0.15) is 5.75 Å². The molecule has 0 spiro atoms. The molecule has 0 aliphatic rings. The van der Waals surface area contributed by atoms with E-state index in [1.54, 1.807) is 13.3 Å². The molecule has 2 aromatic carbocycles. The quantitative estimate of drug-likeness (QED) is 0.505. The second kappa shape index (κ2) is 8.14. The highest BCUT2D eigenvalue weighted by molar-refractivity contribution is 7.80. The molecular formula is C17H19N3OS. The van der Waals surface area contributed by atoms with Crippen molar-refractivity contribution in [3.05, 3.63) is 65.7 Å². The summed E-state index contributed by atoms with van der Waals surface area (Å²) in [6.45, 7) is 2.05. The van der Waals surface area contributed by atoms with Gasteiger partial charge in [0.25, 0.3) is 0 Å². The summed E-state index contributed by atoms with van der Waals surface area (Å²) >= 11 is 5.23. The topological polar surface area (TPSA) is 45.6 Å². The molecule has 22 heavy (non-hydrogen) atoms. The van der Waals surface area contributed by atoms with E-state index < -0.39 is 0 Å². The van der Waals surface area contributed by atoms with E-state index in [4.69, 9.17) is 17.0 Å². The fourth-order valence-electron chi connectivity index (χ4n) is 1.91. The summed E-state index contributed by atoms with van der Waals surface area (Å²) in [5.74, 6) is 0.819. The standard InChI is InChI=1S/C17H19N3OS/c1-13(15-6-4-3-5-7-15)19-17(22)20-18-12-14-8-10-16(21-2)11-9-14/h3-13H,1-2H3,(H2,19,20,22)/b18-12+/t13-/m1/s1. The van der Waals surface area contributed by atoms with E-state index in [2.05, 4.69) is 34.9 Å². The van der Waals surface area contributed by atoms with Crippen LogP contribution in [0.3, 0.4) is 0 Å². The van der Waals surface area contributed by atoms with Gasteiger partial charge in [0, 0.05) is 0 Å². The Labute approximate surface area is 136 Å². The van der Waals surface area contributed by atoms with Crippen molar-refractivity contribution in [2.45, 2.75) is 13.0 Å². The monoisotopic (exact) mass is 313 g/mol. The molecule has 0 radical (unpaired) electrons. The van der Waals surface area contributed by atoms with Crippen molar-refractivity contribution in [1.82, 2.24) is 10.7 Å². The van der Waals surface area contributed by atoms with Crippen molar-refractivity contribution < 1.29 is 4.74 Å². The maximum atomic E-state index is 5.23. The van der Waals surface area contributed by atoms with Crippen molar-refractivity contribution in [3.8, 4) is 5.75 Å². The number of ether oxygens (including phenoxy) is 1. The Morgan fingerprint density at radius 2 is 1.82 bits per heavy atom. The molecule has 0 unspecified atom stereocenters. The molecule has 0 aliphatic heterocycles. The molecule has 0 saturated carbocycles. The minimum absolute atomic E-state index is 0.123. The lowest BCUT2D eigenvalue weighted by molar-refractivity contribution is 0.415. The molecule has 0 aliphatic carbocycles. The third kappa shape index (κ3) is 4.86. The predicted molar refractivity (Wildman–Crippen MR) is 94.3 cm³/mol. The Morgan fingerprint density at radius 1 is 1.14 bits per heavy atom. The van der Waals surface area contributed by atoms with Gasteiger partial charge in [0.2, 0.25) is 0 Å². The number of nitrogens with one attached hydrogen (secondary N) is 2. The highest BCUT2D eigenvalue weighted by Gasteiger charge is 2.05. The molecule has 0 amide bonds. The molecule has 2 rings (SSSR count). The first-order valence-corrected chi connectivity index (χ1v) is 7.38. The SMILES string of the molecule is COc1ccc(/C=N/NC(=S)N[C@H](C)c2ccccc2)cc1. The van der Waals surface area contributed by atoms with Crippen LogP contribution in [-0.2, 0) is 0 Å². The fourth-order valence-corrected chi connectivity index (χ4v) is 2.14. The number of thiocarbonyl (C=S) groups is 1. The summed E-state index contributed by atoms with van der Waals surface area (Å²) in [6, 6.07) is 17.9. The summed E-state index contributed by atoms with van der Waals surface area (Å²) < 4.78 is 5.11. The van der Waals surface area contributed by atoms with Crippen LogP contribution < -0.4 is 15.5 Å². The Bertz CT molecular complexity index is 626. The van der Waals surface area contributed by atoms with Crippen LogP contribution in [0.1, 0.15) is 24.1 Å². The van der Waals surface area contributed by atoms with Crippen LogP contribution in [0.5, 0.6) is 5.75 Å². The van der Waals surface area contributed by atoms with Gasteiger partial charge in [0.05, 0.1) is 19.4 Å². The first-order valence-electron chi connectivity index (χ1n) is 6.97. The molecule has 0 aromatic heterocycles. The Kier molecular flexibility index (Phi) is 5.91. The van der Waals surface area contributed by atoms with Crippen LogP contribution in [0, 0.1) is 0 Å². The third-order valence-corrected chi connectivity index (χ3v) is 3.35. The van der Waals surface area contributed by atoms with Crippen molar-refractivity contribution in [2.75, 3.05) is 7.11 Å². The number of hydrazone groups is 1. The van der Waals surface area contributed by atoms with Crippen LogP contribution in [0.4, 0.5) is 0 Å². The molecule has 0 saturated heterocycles. The van der Waals surface area contributed by atoms with Gasteiger partial charge in [-0.15, -0.1) is 0 Å². The minimum atomic E-state index is 0.123. The summed E-state index contributed by atoms with van der Waals surface area (Å²) in [5.41, 5.74) is 4.96. The number of hydrogen-bond donors (Lipinski definition) is 2. The summed E-state index contributed by atoms with van der Waals surface area (Å²) in [7, 11) is 1.64. The smallest absolute Gasteiger partial charge is 0.187 e. The first-order chi connectivity index (χ1) is 10.7. The van der Waals surface area contributed by atoms with E-state index in [9.17, 15) is 0 Å². The Morgan fingerprint density at radius 3 is 2.45 bits per heavy atom. The normalized spacial score (nSPS) is 11.9. The zero-order valence-corrected chi connectivity index (χ0v) is 13.4. The molecule has 2 N–H and O–H groups in total. The summed E-state index contributed by atoms with van der Waals surface area (Å²) in [6.07, 6.45) is 1.71. The van der Waals surface area contributed by atoms with Crippen LogP contribution in [-0.4, -0.2) is 18.4 Å². The van der Waals surface area contributed by atoms with E-state index in [1.165, 1.54) is 5.56 Å². The lowest BCUT2D eigenvalue weighted by Crippen LogP contribution is -2.34. The van der Waals surface area contributed by atoms with Crippen molar-refractivity contribution in [2.24, 2.45) is 5.10 Å². The van der Waals surface area contributed by atoms with Crippen LogP contribution >= 0.6 is 12.2 Å². The molecule has 2 aromatic rings. The highest BCUT2D eigenvalue weighted by atomic mass is 32.1. The summed E-state index contributed by atoms with van der Waals surface area (Å²) in [4.78, 5) is 0. The van der Waals surface area contributed by atoms with Crippen LogP contribution in [0.25, 0.3) is 0 Å². The van der Waals surface area contributed by atoms with Crippen molar-refractivity contribution in [1.29, 1.82) is 0 Å². The largest absolute Gasteiger partial charge is 0.497 e. The molecule has 5 heteroatoms. The maximum Gasteiger partial charge on any atom is 0.187 e. The average molecular weight is 313 g/mol. The number of nitrogens with zero attached hydrogens (tertiary/aromatic N) is 1. The molecule has 0 heterocycles. The molecule has 0 bridgehead atoms. The van der Waals surface area contributed by atoms with Gasteiger partial charge in [0.15, 0.2) is 5.11 Å². The zero-order valence-electron chi connectivity index (χ0n) is 12.6. The number of benzene rings is 2. The lowest BCUT2D eigenvalue weighted by atomic mass is 10.1. The number of rotatable bonds is 5. The predicted octanol–water partition coefficient (Wildman–Crippen LogP) is 3.25. The van der Waals surface area contributed by atoms with Gasteiger partial charge in [-0.2, -0.15) is 5.10 Å². The van der Waals surface area contributed by atoms with Gasteiger partial charge in [-0.25, -0.2) is 0 Å². The van der Waals surface area contributed by atoms with E-state index >= 15 is 0 Å². The van der Waals surface area contributed by atoms with Gasteiger partial charge in [-0.3, -0.25) is 5.43 Å². The molecule has 0 fully saturated rings. The number of methoxy groups -OCH3 is 1. The van der Waals surface area contributed by atoms with Crippen molar-refractivity contribution in [3.63, 3.8) is 0 Å². The van der Waals surface area contributed by atoms with Gasteiger partial charge < -0.3 is 10.1 Å². The number of hydrogen-bond acceptors (Lipinski definition) is 3. The molecule has 1 atom stereocenters. The zero-order chi connectivity index (χ0) is 15.8. The summed E-state index contributed by atoms with van der Waals surface area (Å²) in [5, 5.41) is 7.80. The Balaban J connectivity index is 1.83. The third-order valence-electron chi connectivity index (χ3n) is 3.14. The van der Waals surface area contributed by atoms with Gasteiger partial charge >= 0.3 is 0 Å². The van der Waals surface area contributed by atoms with E-state index in [-0.39, 0.29) is 6.04 Å². The van der Waals surface area contributed by atoms with Crippen molar-refractivity contribution >= 4 is 23.5 Å². The molecular weight excluding hydrogens is 294 g/mol. The van der Waals surface area contributed by atoms with Gasteiger partial charge in [-0.1, -0.05) is 30.3 Å². The molecule has 4 nitrogen and oxygen atoms in total. The average Bonchev–Trinajstić information content (AvgIpc) is 2.56. The van der Waals surface area contributed by atoms with E-state index in [0.717, 1.165) is 11.3 Å². The van der Waals surface area contributed by atoms with E-state index in [1.807, 2.05) is 42.5 Å². The van der Waals surface area contributed by atoms with E-state index in [0.29, 0.717) is 5.11 Å². The van der Waals surface area contributed by atoms with Gasteiger partial charge in [-0.05, 0) is 54.5 Å². The molecule has 114 valence electrons.